The summed E-state index contributed by atoms with van der Waals surface area (Å²) in [4.78, 5) is 6.51. The number of aromatic nitrogens is 1. The Balaban J connectivity index is 0.00000144. The predicted octanol–water partition coefficient (Wildman–Crippen LogP) is 1.43. The zero-order valence-corrected chi connectivity index (χ0v) is 11.9. The number of halogens is 2. The Morgan fingerprint density at radius 3 is 3.06 bits per heavy atom. The molecule has 1 atom stereocenters. The lowest BCUT2D eigenvalue weighted by Crippen LogP contribution is -2.45. The lowest BCUT2D eigenvalue weighted by Gasteiger charge is -2.32. The van der Waals surface area contributed by atoms with Crippen molar-refractivity contribution in [1.29, 1.82) is 0 Å². The summed E-state index contributed by atoms with van der Waals surface area (Å²) < 4.78 is 6.55. The molecule has 1 aliphatic heterocycles. The molecular formula is C11H17BrClN3O. The highest BCUT2D eigenvalue weighted by Crippen LogP contribution is 2.13. The molecule has 4 nitrogen and oxygen atoms in total. The number of rotatable bonds is 3. The third kappa shape index (κ3) is 4.52. The Labute approximate surface area is 116 Å². The molecule has 2 rings (SSSR count). The second-order valence-corrected chi connectivity index (χ2v) is 4.89. The second-order valence-electron chi connectivity index (χ2n) is 3.98. The fourth-order valence-corrected chi connectivity index (χ4v) is 2.28. The van der Waals surface area contributed by atoms with Crippen molar-refractivity contribution in [1.82, 2.24) is 9.88 Å². The summed E-state index contributed by atoms with van der Waals surface area (Å²) in [5.74, 6) is 0. The van der Waals surface area contributed by atoms with Crippen LogP contribution in [0.4, 0.5) is 0 Å². The molecule has 0 amide bonds. The van der Waals surface area contributed by atoms with Crippen molar-refractivity contribution in [2.45, 2.75) is 12.6 Å². The van der Waals surface area contributed by atoms with Gasteiger partial charge in [-0.05, 0) is 27.6 Å². The summed E-state index contributed by atoms with van der Waals surface area (Å²) in [5, 5.41) is 0. The quantitative estimate of drug-likeness (QED) is 0.914. The van der Waals surface area contributed by atoms with Crippen LogP contribution in [-0.4, -0.2) is 42.2 Å². The SMILES string of the molecule is Cl.NCC1CN(Cc2cncc(Br)c2)CCO1. The van der Waals surface area contributed by atoms with Crippen LogP contribution in [0.5, 0.6) is 0 Å². The van der Waals surface area contributed by atoms with E-state index < -0.39 is 0 Å². The van der Waals surface area contributed by atoms with Crippen molar-refractivity contribution < 1.29 is 4.74 Å². The maximum Gasteiger partial charge on any atom is 0.0824 e. The Morgan fingerprint density at radius 1 is 1.53 bits per heavy atom. The molecule has 1 aromatic rings. The first-order valence-corrected chi connectivity index (χ1v) is 6.20. The van der Waals surface area contributed by atoms with Gasteiger partial charge in [0.15, 0.2) is 0 Å². The molecule has 1 saturated heterocycles. The van der Waals surface area contributed by atoms with E-state index in [0.29, 0.717) is 6.54 Å². The second kappa shape index (κ2) is 7.28. The Hall–Kier alpha value is -0.200. The van der Waals surface area contributed by atoms with Gasteiger partial charge in [-0.25, -0.2) is 0 Å². The molecule has 1 aromatic heterocycles. The maximum atomic E-state index is 5.61. The number of nitrogens with zero attached hydrogens (tertiary/aromatic N) is 2. The fraction of sp³-hybridized carbons (Fsp3) is 0.545. The minimum Gasteiger partial charge on any atom is -0.374 e. The topological polar surface area (TPSA) is 51.4 Å². The summed E-state index contributed by atoms with van der Waals surface area (Å²) >= 11 is 3.43. The minimum absolute atomic E-state index is 0. The molecule has 1 aliphatic rings. The van der Waals surface area contributed by atoms with E-state index in [9.17, 15) is 0 Å². The number of ether oxygens (including phenoxy) is 1. The predicted molar refractivity (Wildman–Crippen MR) is 73.3 cm³/mol. The van der Waals surface area contributed by atoms with Gasteiger partial charge in [0.25, 0.3) is 0 Å². The van der Waals surface area contributed by atoms with Gasteiger partial charge in [-0.15, -0.1) is 12.4 Å². The highest BCUT2D eigenvalue weighted by Gasteiger charge is 2.19. The zero-order valence-electron chi connectivity index (χ0n) is 9.51. The van der Waals surface area contributed by atoms with Crippen LogP contribution < -0.4 is 5.73 Å². The summed E-state index contributed by atoms with van der Waals surface area (Å²) in [5.41, 5.74) is 6.83. The molecule has 2 N–H and O–H groups in total. The molecule has 0 aliphatic carbocycles. The van der Waals surface area contributed by atoms with Gasteiger partial charge in [-0.3, -0.25) is 9.88 Å². The van der Waals surface area contributed by atoms with Gasteiger partial charge in [0.2, 0.25) is 0 Å². The van der Waals surface area contributed by atoms with Crippen molar-refractivity contribution in [3.63, 3.8) is 0 Å². The monoisotopic (exact) mass is 321 g/mol. The van der Waals surface area contributed by atoms with Crippen LogP contribution in [0.2, 0.25) is 0 Å². The largest absolute Gasteiger partial charge is 0.374 e. The van der Waals surface area contributed by atoms with E-state index in [1.54, 1.807) is 6.20 Å². The van der Waals surface area contributed by atoms with E-state index in [4.69, 9.17) is 10.5 Å². The summed E-state index contributed by atoms with van der Waals surface area (Å²) in [6.07, 6.45) is 3.87. The van der Waals surface area contributed by atoms with Gasteiger partial charge < -0.3 is 10.5 Å². The lowest BCUT2D eigenvalue weighted by molar-refractivity contribution is -0.0260. The van der Waals surface area contributed by atoms with E-state index in [1.165, 1.54) is 5.56 Å². The number of hydrogen-bond acceptors (Lipinski definition) is 4. The molecule has 6 heteroatoms. The average molecular weight is 323 g/mol. The third-order valence-electron chi connectivity index (χ3n) is 2.65. The number of nitrogens with two attached hydrogens (primary N) is 1. The maximum absolute atomic E-state index is 5.61. The molecule has 0 bridgehead atoms. The van der Waals surface area contributed by atoms with Crippen molar-refractivity contribution in [2.24, 2.45) is 5.73 Å². The van der Waals surface area contributed by atoms with Crippen molar-refractivity contribution in [2.75, 3.05) is 26.2 Å². The molecule has 1 unspecified atom stereocenters. The Kier molecular flexibility index (Phi) is 6.37. The van der Waals surface area contributed by atoms with Gasteiger partial charge in [-0.2, -0.15) is 0 Å². The van der Waals surface area contributed by atoms with E-state index in [1.807, 2.05) is 6.20 Å². The van der Waals surface area contributed by atoms with Crippen LogP contribution in [0.15, 0.2) is 22.9 Å². The van der Waals surface area contributed by atoms with Crippen LogP contribution in [0, 0.1) is 0 Å². The minimum atomic E-state index is 0. The molecule has 2 heterocycles. The van der Waals surface area contributed by atoms with Gasteiger partial charge in [0, 0.05) is 43.0 Å². The van der Waals surface area contributed by atoms with Gasteiger partial charge in [0.1, 0.15) is 0 Å². The number of hydrogen-bond donors (Lipinski definition) is 1. The van der Waals surface area contributed by atoms with E-state index >= 15 is 0 Å². The molecule has 0 aromatic carbocycles. The first kappa shape index (κ1) is 14.9. The van der Waals surface area contributed by atoms with E-state index in [0.717, 1.165) is 30.7 Å². The summed E-state index contributed by atoms with van der Waals surface area (Å²) in [7, 11) is 0. The standard InChI is InChI=1S/C11H16BrN3O.ClH/c12-10-3-9(5-14-6-10)7-15-1-2-16-11(4-13)8-15;/h3,5-6,11H,1-2,4,7-8,13H2;1H. The normalized spacial score (nSPS) is 20.9. The van der Waals surface area contributed by atoms with Gasteiger partial charge in [0.05, 0.1) is 12.7 Å². The fourth-order valence-electron chi connectivity index (χ4n) is 1.87. The zero-order chi connectivity index (χ0) is 11.4. The van der Waals surface area contributed by atoms with Gasteiger partial charge in [-0.1, -0.05) is 0 Å². The van der Waals surface area contributed by atoms with Crippen LogP contribution in [-0.2, 0) is 11.3 Å². The van der Waals surface area contributed by atoms with Crippen LogP contribution in [0.3, 0.4) is 0 Å². The lowest BCUT2D eigenvalue weighted by atomic mass is 10.2. The molecule has 17 heavy (non-hydrogen) atoms. The number of pyridine rings is 1. The van der Waals surface area contributed by atoms with E-state index in [2.05, 4.69) is 31.9 Å². The number of morpholine rings is 1. The van der Waals surface area contributed by atoms with Crippen LogP contribution >= 0.6 is 28.3 Å². The third-order valence-corrected chi connectivity index (χ3v) is 3.09. The Bertz CT molecular complexity index is 353. The molecule has 0 spiro atoms. The highest BCUT2D eigenvalue weighted by molar-refractivity contribution is 9.10. The van der Waals surface area contributed by atoms with E-state index in [-0.39, 0.29) is 18.5 Å². The molecular weight excluding hydrogens is 305 g/mol. The van der Waals surface area contributed by atoms with Crippen molar-refractivity contribution in [3.8, 4) is 0 Å². The average Bonchev–Trinajstić information content (AvgIpc) is 2.29. The van der Waals surface area contributed by atoms with Crippen molar-refractivity contribution >= 4 is 28.3 Å². The smallest absolute Gasteiger partial charge is 0.0824 e. The van der Waals surface area contributed by atoms with Crippen molar-refractivity contribution in [3.05, 3.63) is 28.5 Å². The van der Waals surface area contributed by atoms with Crippen LogP contribution in [0.1, 0.15) is 5.56 Å². The Morgan fingerprint density at radius 2 is 2.35 bits per heavy atom. The van der Waals surface area contributed by atoms with Gasteiger partial charge >= 0.3 is 0 Å². The first-order valence-electron chi connectivity index (χ1n) is 5.41. The molecule has 96 valence electrons. The van der Waals surface area contributed by atoms with Crippen LogP contribution in [0.25, 0.3) is 0 Å². The molecule has 0 radical (unpaired) electrons. The molecule has 0 saturated carbocycles. The molecule has 1 fully saturated rings. The highest BCUT2D eigenvalue weighted by atomic mass is 79.9. The summed E-state index contributed by atoms with van der Waals surface area (Å²) in [6, 6.07) is 2.10. The first-order chi connectivity index (χ1) is 7.78. The summed E-state index contributed by atoms with van der Waals surface area (Å²) in [6.45, 7) is 4.13.